The molecule has 0 fully saturated rings. The molecule has 1 N–H and O–H groups in total. The van der Waals surface area contributed by atoms with Crippen LogP contribution in [0.15, 0.2) is 42.5 Å². The maximum absolute atomic E-state index is 12.5. The van der Waals surface area contributed by atoms with Crippen molar-refractivity contribution in [2.45, 2.75) is 18.9 Å². The lowest BCUT2D eigenvalue weighted by atomic mass is 10.1. The van der Waals surface area contributed by atoms with E-state index in [1.54, 1.807) is 18.2 Å². The first-order valence-electron chi connectivity index (χ1n) is 7.59. The zero-order valence-corrected chi connectivity index (χ0v) is 12.2. The van der Waals surface area contributed by atoms with E-state index >= 15 is 0 Å². The van der Waals surface area contributed by atoms with Gasteiger partial charge in [0.15, 0.2) is 11.5 Å². The van der Waals surface area contributed by atoms with Crippen LogP contribution in [-0.4, -0.2) is 19.1 Å². The van der Waals surface area contributed by atoms with Crippen molar-refractivity contribution < 1.29 is 14.3 Å². The molecule has 1 unspecified atom stereocenters. The van der Waals surface area contributed by atoms with Crippen molar-refractivity contribution >= 4 is 5.91 Å². The smallest absolute Gasteiger partial charge is 0.251 e. The number of hydrogen-bond donors (Lipinski definition) is 1. The van der Waals surface area contributed by atoms with Gasteiger partial charge in [-0.25, -0.2) is 0 Å². The molecule has 2 aromatic rings. The van der Waals surface area contributed by atoms with Crippen molar-refractivity contribution in [2.75, 3.05) is 13.2 Å². The van der Waals surface area contributed by atoms with Crippen LogP contribution < -0.4 is 14.8 Å². The minimum Gasteiger partial charge on any atom is -0.486 e. The van der Waals surface area contributed by atoms with Crippen molar-refractivity contribution in [1.29, 1.82) is 0 Å². The number of ether oxygens (including phenoxy) is 2. The third kappa shape index (κ3) is 2.30. The topological polar surface area (TPSA) is 47.6 Å². The first kappa shape index (κ1) is 13.2. The number of carbonyl (C=O) groups is 1. The van der Waals surface area contributed by atoms with Crippen LogP contribution in [-0.2, 0) is 6.42 Å². The molecule has 0 saturated carbocycles. The Kier molecular flexibility index (Phi) is 3.22. The second-order valence-electron chi connectivity index (χ2n) is 5.62. The Bertz CT molecular complexity index is 726. The summed E-state index contributed by atoms with van der Waals surface area (Å²) in [5.74, 6) is 1.28. The summed E-state index contributed by atoms with van der Waals surface area (Å²) in [7, 11) is 0. The summed E-state index contributed by atoms with van der Waals surface area (Å²) in [5, 5.41) is 3.12. The summed E-state index contributed by atoms with van der Waals surface area (Å²) in [5.41, 5.74) is 3.16. The van der Waals surface area contributed by atoms with E-state index in [1.165, 1.54) is 11.1 Å². The first-order valence-corrected chi connectivity index (χ1v) is 7.59. The molecule has 0 saturated heterocycles. The summed E-state index contributed by atoms with van der Waals surface area (Å²) in [6.45, 7) is 1.07. The van der Waals surface area contributed by atoms with E-state index in [2.05, 4.69) is 17.4 Å². The van der Waals surface area contributed by atoms with Gasteiger partial charge in [-0.1, -0.05) is 24.3 Å². The standard InChI is InChI=1S/C18H17NO3/c20-18(13-6-8-16-17(11-13)22-10-9-21-16)19-15-7-5-12-3-1-2-4-14(12)15/h1-4,6,8,11,15H,5,7,9-10H2,(H,19,20). The van der Waals surface area contributed by atoms with Gasteiger partial charge in [-0.2, -0.15) is 0 Å². The molecule has 1 aliphatic heterocycles. The van der Waals surface area contributed by atoms with Crippen LogP contribution in [0.3, 0.4) is 0 Å². The van der Waals surface area contributed by atoms with Crippen molar-refractivity contribution in [2.24, 2.45) is 0 Å². The second-order valence-corrected chi connectivity index (χ2v) is 5.62. The number of rotatable bonds is 2. The van der Waals surface area contributed by atoms with Crippen LogP contribution in [0.1, 0.15) is 33.9 Å². The van der Waals surface area contributed by atoms with E-state index < -0.39 is 0 Å². The number of fused-ring (bicyclic) bond motifs is 2. The number of aryl methyl sites for hydroxylation is 1. The summed E-state index contributed by atoms with van der Waals surface area (Å²) in [6.07, 6.45) is 1.97. The Morgan fingerprint density at radius 2 is 1.86 bits per heavy atom. The maximum Gasteiger partial charge on any atom is 0.251 e. The fourth-order valence-corrected chi connectivity index (χ4v) is 3.13. The van der Waals surface area contributed by atoms with Gasteiger partial charge in [0.1, 0.15) is 13.2 Å². The van der Waals surface area contributed by atoms with Gasteiger partial charge < -0.3 is 14.8 Å². The molecule has 4 nitrogen and oxygen atoms in total. The molecule has 1 atom stereocenters. The van der Waals surface area contributed by atoms with Crippen LogP contribution in [0, 0.1) is 0 Å². The predicted molar refractivity (Wildman–Crippen MR) is 82.4 cm³/mol. The fraction of sp³-hybridized carbons (Fsp3) is 0.278. The third-order valence-electron chi connectivity index (χ3n) is 4.24. The second kappa shape index (κ2) is 5.37. The van der Waals surface area contributed by atoms with Crippen LogP contribution in [0.4, 0.5) is 0 Å². The Morgan fingerprint density at radius 1 is 1.05 bits per heavy atom. The van der Waals surface area contributed by atoms with Crippen LogP contribution in [0.2, 0.25) is 0 Å². The molecule has 112 valence electrons. The van der Waals surface area contributed by atoms with E-state index in [0.717, 1.165) is 12.8 Å². The van der Waals surface area contributed by atoms with E-state index in [1.807, 2.05) is 12.1 Å². The van der Waals surface area contributed by atoms with Gasteiger partial charge in [-0.3, -0.25) is 4.79 Å². The first-order chi connectivity index (χ1) is 10.8. The quantitative estimate of drug-likeness (QED) is 0.926. The predicted octanol–water partition coefficient (Wildman–Crippen LogP) is 2.88. The van der Waals surface area contributed by atoms with Crippen LogP contribution in [0.25, 0.3) is 0 Å². The Hall–Kier alpha value is -2.49. The number of benzene rings is 2. The molecule has 4 heteroatoms. The normalized spacial score (nSPS) is 18.6. The van der Waals surface area contributed by atoms with Gasteiger partial charge in [0.25, 0.3) is 5.91 Å². The summed E-state index contributed by atoms with van der Waals surface area (Å²) in [4.78, 5) is 12.5. The number of hydrogen-bond acceptors (Lipinski definition) is 3. The number of carbonyl (C=O) groups excluding carboxylic acids is 1. The minimum atomic E-state index is -0.0707. The van der Waals surface area contributed by atoms with Gasteiger partial charge in [-0.05, 0) is 42.2 Å². The maximum atomic E-state index is 12.5. The monoisotopic (exact) mass is 295 g/mol. The van der Waals surface area contributed by atoms with Crippen molar-refractivity contribution in [3.8, 4) is 11.5 Å². The third-order valence-corrected chi connectivity index (χ3v) is 4.24. The average Bonchev–Trinajstić information content (AvgIpc) is 2.97. The van der Waals surface area contributed by atoms with Crippen molar-refractivity contribution in [1.82, 2.24) is 5.32 Å². The molecule has 0 aromatic heterocycles. The Labute approximate surface area is 129 Å². The Morgan fingerprint density at radius 3 is 2.77 bits per heavy atom. The summed E-state index contributed by atoms with van der Waals surface area (Å²) in [6, 6.07) is 13.7. The molecule has 22 heavy (non-hydrogen) atoms. The molecular formula is C18H17NO3. The van der Waals surface area contributed by atoms with Crippen LogP contribution >= 0.6 is 0 Å². The minimum absolute atomic E-state index is 0.0707. The Balaban J connectivity index is 1.53. The van der Waals surface area contributed by atoms with Gasteiger partial charge in [0, 0.05) is 5.56 Å². The number of amides is 1. The molecule has 0 radical (unpaired) electrons. The molecule has 0 bridgehead atoms. The zero-order valence-electron chi connectivity index (χ0n) is 12.2. The van der Waals surface area contributed by atoms with Gasteiger partial charge >= 0.3 is 0 Å². The largest absolute Gasteiger partial charge is 0.486 e. The van der Waals surface area contributed by atoms with E-state index in [-0.39, 0.29) is 11.9 Å². The highest BCUT2D eigenvalue weighted by Crippen LogP contribution is 2.33. The lowest BCUT2D eigenvalue weighted by molar-refractivity contribution is 0.0935. The highest BCUT2D eigenvalue weighted by atomic mass is 16.6. The highest BCUT2D eigenvalue weighted by Gasteiger charge is 2.24. The van der Waals surface area contributed by atoms with E-state index in [4.69, 9.17) is 9.47 Å². The lowest BCUT2D eigenvalue weighted by Gasteiger charge is -2.19. The highest BCUT2D eigenvalue weighted by molar-refractivity contribution is 5.95. The van der Waals surface area contributed by atoms with Gasteiger partial charge in [0.05, 0.1) is 6.04 Å². The molecule has 1 heterocycles. The van der Waals surface area contributed by atoms with Crippen molar-refractivity contribution in [3.05, 3.63) is 59.2 Å². The average molecular weight is 295 g/mol. The molecule has 1 amide bonds. The molecule has 2 aliphatic rings. The van der Waals surface area contributed by atoms with Crippen molar-refractivity contribution in [3.63, 3.8) is 0 Å². The summed E-state index contributed by atoms with van der Waals surface area (Å²) < 4.78 is 11.0. The van der Waals surface area contributed by atoms with Gasteiger partial charge in [0.2, 0.25) is 0 Å². The SMILES string of the molecule is O=C(NC1CCc2ccccc21)c1ccc2c(c1)OCCO2. The zero-order chi connectivity index (χ0) is 14.9. The van der Waals surface area contributed by atoms with E-state index in [9.17, 15) is 4.79 Å². The molecule has 4 rings (SSSR count). The number of nitrogens with one attached hydrogen (secondary N) is 1. The molecule has 2 aromatic carbocycles. The molecule has 0 spiro atoms. The van der Waals surface area contributed by atoms with Gasteiger partial charge in [-0.15, -0.1) is 0 Å². The van der Waals surface area contributed by atoms with E-state index in [0.29, 0.717) is 30.3 Å². The fourth-order valence-electron chi connectivity index (χ4n) is 3.13. The molecular weight excluding hydrogens is 278 g/mol. The van der Waals surface area contributed by atoms with Crippen LogP contribution in [0.5, 0.6) is 11.5 Å². The summed E-state index contributed by atoms with van der Waals surface area (Å²) >= 11 is 0. The lowest BCUT2D eigenvalue weighted by Crippen LogP contribution is -2.27. The molecule has 1 aliphatic carbocycles.